The van der Waals surface area contributed by atoms with Gasteiger partial charge in [-0.25, -0.2) is 9.59 Å². The molecule has 17 heavy (non-hydrogen) atoms. The molecule has 0 aliphatic rings. The number of carboxylic acid groups (broad SMARTS) is 1. The standard InChI is InChI=1S/C12H24N2O3/c1-6-7-8-14(5)11(17)13-9(10(15)16)12(2,3)4/h9H,6-8H2,1-5H3,(H,13,17)(H,15,16). The maximum absolute atomic E-state index is 11.8. The number of nitrogens with one attached hydrogen (secondary N) is 1. The SMILES string of the molecule is CCCCN(C)C(=O)NC(C(=O)O)C(C)(C)C. The van der Waals surface area contributed by atoms with E-state index in [0.717, 1.165) is 12.8 Å². The molecule has 0 aliphatic heterocycles. The Labute approximate surface area is 103 Å². The van der Waals surface area contributed by atoms with Crippen molar-refractivity contribution in [2.75, 3.05) is 13.6 Å². The summed E-state index contributed by atoms with van der Waals surface area (Å²) < 4.78 is 0. The van der Waals surface area contributed by atoms with Crippen molar-refractivity contribution in [3.63, 3.8) is 0 Å². The molecule has 0 aromatic heterocycles. The maximum atomic E-state index is 11.8. The van der Waals surface area contributed by atoms with E-state index in [1.54, 1.807) is 27.8 Å². The number of hydrogen-bond donors (Lipinski definition) is 2. The van der Waals surface area contributed by atoms with Crippen LogP contribution in [0.4, 0.5) is 4.79 Å². The summed E-state index contributed by atoms with van der Waals surface area (Å²) in [5, 5.41) is 11.6. The lowest BCUT2D eigenvalue weighted by atomic mass is 9.87. The van der Waals surface area contributed by atoms with Crippen LogP contribution < -0.4 is 5.32 Å². The van der Waals surface area contributed by atoms with Crippen molar-refractivity contribution >= 4 is 12.0 Å². The number of carbonyl (C=O) groups excluding carboxylic acids is 1. The van der Waals surface area contributed by atoms with Crippen LogP contribution in [0.5, 0.6) is 0 Å². The van der Waals surface area contributed by atoms with Crippen molar-refractivity contribution in [2.45, 2.75) is 46.6 Å². The molecule has 2 N–H and O–H groups in total. The molecule has 1 unspecified atom stereocenters. The van der Waals surface area contributed by atoms with E-state index in [2.05, 4.69) is 5.32 Å². The average Bonchev–Trinajstić information content (AvgIpc) is 2.19. The smallest absolute Gasteiger partial charge is 0.326 e. The maximum Gasteiger partial charge on any atom is 0.326 e. The number of nitrogens with zero attached hydrogens (tertiary/aromatic N) is 1. The first-order chi connectivity index (χ1) is 7.70. The number of aliphatic carboxylic acids is 1. The van der Waals surface area contributed by atoms with E-state index in [9.17, 15) is 9.59 Å². The van der Waals surface area contributed by atoms with Gasteiger partial charge in [-0.3, -0.25) is 0 Å². The van der Waals surface area contributed by atoms with Crippen molar-refractivity contribution in [1.29, 1.82) is 0 Å². The molecule has 0 saturated carbocycles. The summed E-state index contributed by atoms with van der Waals surface area (Å²) in [5.41, 5.74) is -0.507. The molecular weight excluding hydrogens is 220 g/mol. The molecule has 0 spiro atoms. The van der Waals surface area contributed by atoms with Crippen LogP contribution in [-0.2, 0) is 4.79 Å². The zero-order valence-corrected chi connectivity index (χ0v) is 11.4. The minimum atomic E-state index is -1.00. The second kappa shape index (κ2) is 6.47. The first-order valence-corrected chi connectivity index (χ1v) is 5.94. The van der Waals surface area contributed by atoms with Crippen LogP contribution >= 0.6 is 0 Å². The van der Waals surface area contributed by atoms with E-state index in [4.69, 9.17) is 5.11 Å². The number of hydrogen-bond acceptors (Lipinski definition) is 2. The van der Waals surface area contributed by atoms with Crippen LogP contribution in [0.3, 0.4) is 0 Å². The summed E-state index contributed by atoms with van der Waals surface area (Å²) >= 11 is 0. The molecule has 0 heterocycles. The molecule has 0 aliphatic carbocycles. The number of unbranched alkanes of at least 4 members (excludes halogenated alkanes) is 1. The highest BCUT2D eigenvalue weighted by atomic mass is 16.4. The molecule has 0 radical (unpaired) electrons. The molecule has 0 fully saturated rings. The van der Waals surface area contributed by atoms with E-state index in [1.165, 1.54) is 4.90 Å². The summed E-state index contributed by atoms with van der Waals surface area (Å²) in [6, 6.07) is -1.21. The molecular formula is C12H24N2O3. The van der Waals surface area contributed by atoms with Gasteiger partial charge >= 0.3 is 12.0 Å². The van der Waals surface area contributed by atoms with Crippen LogP contribution in [0.15, 0.2) is 0 Å². The molecule has 100 valence electrons. The summed E-state index contributed by atoms with van der Waals surface area (Å²) in [4.78, 5) is 24.4. The van der Waals surface area contributed by atoms with Crippen molar-refractivity contribution in [3.05, 3.63) is 0 Å². The van der Waals surface area contributed by atoms with Crippen LogP contribution in [0.1, 0.15) is 40.5 Å². The van der Waals surface area contributed by atoms with Gasteiger partial charge in [0.05, 0.1) is 0 Å². The van der Waals surface area contributed by atoms with Gasteiger partial charge in [-0.05, 0) is 11.8 Å². The molecule has 5 heteroatoms. The third-order valence-electron chi connectivity index (χ3n) is 2.57. The van der Waals surface area contributed by atoms with Gasteiger partial charge in [0.2, 0.25) is 0 Å². The van der Waals surface area contributed by atoms with Crippen molar-refractivity contribution < 1.29 is 14.7 Å². The van der Waals surface area contributed by atoms with E-state index in [0.29, 0.717) is 6.54 Å². The minimum absolute atomic E-state index is 0.333. The molecule has 2 amide bonds. The molecule has 5 nitrogen and oxygen atoms in total. The Kier molecular flexibility index (Phi) is 5.99. The quantitative estimate of drug-likeness (QED) is 0.776. The fraction of sp³-hybridized carbons (Fsp3) is 0.833. The monoisotopic (exact) mass is 244 g/mol. The predicted molar refractivity (Wildman–Crippen MR) is 66.9 cm³/mol. The van der Waals surface area contributed by atoms with Gasteiger partial charge in [0, 0.05) is 13.6 Å². The molecule has 0 bridgehead atoms. The largest absolute Gasteiger partial charge is 0.480 e. The van der Waals surface area contributed by atoms with E-state index < -0.39 is 17.4 Å². The van der Waals surface area contributed by atoms with Crippen LogP contribution in [0, 0.1) is 5.41 Å². The van der Waals surface area contributed by atoms with Gasteiger partial charge in [-0.15, -0.1) is 0 Å². The van der Waals surface area contributed by atoms with Crippen molar-refractivity contribution in [1.82, 2.24) is 10.2 Å². The Morgan fingerprint density at radius 1 is 1.35 bits per heavy atom. The summed E-state index contributed by atoms with van der Waals surface area (Å²) in [6.07, 6.45) is 1.91. The lowest BCUT2D eigenvalue weighted by molar-refractivity contribution is -0.142. The number of urea groups is 1. The summed E-state index contributed by atoms with van der Waals surface area (Å²) in [5.74, 6) is -1.00. The lowest BCUT2D eigenvalue weighted by Crippen LogP contribution is -2.52. The van der Waals surface area contributed by atoms with E-state index in [-0.39, 0.29) is 6.03 Å². The Hall–Kier alpha value is -1.26. The zero-order valence-electron chi connectivity index (χ0n) is 11.4. The van der Waals surface area contributed by atoms with Gasteiger partial charge in [0.25, 0.3) is 0 Å². The Bertz CT molecular complexity index is 271. The number of carbonyl (C=O) groups is 2. The minimum Gasteiger partial charge on any atom is -0.480 e. The van der Waals surface area contributed by atoms with Gasteiger partial charge < -0.3 is 15.3 Å². The van der Waals surface area contributed by atoms with Crippen LogP contribution in [-0.4, -0.2) is 41.6 Å². The first kappa shape index (κ1) is 15.7. The number of amides is 2. The summed E-state index contributed by atoms with van der Waals surface area (Å²) in [6.45, 7) is 8.05. The molecule has 0 aromatic rings. The zero-order chi connectivity index (χ0) is 13.6. The number of carboxylic acids is 1. The Morgan fingerprint density at radius 3 is 2.24 bits per heavy atom. The van der Waals surface area contributed by atoms with Crippen molar-refractivity contribution in [2.24, 2.45) is 5.41 Å². The van der Waals surface area contributed by atoms with Gasteiger partial charge in [0.15, 0.2) is 0 Å². The second-order valence-corrected chi connectivity index (χ2v) is 5.36. The molecule has 1 atom stereocenters. The number of rotatable bonds is 5. The fourth-order valence-electron chi connectivity index (χ4n) is 1.38. The summed E-state index contributed by atoms with van der Waals surface area (Å²) in [7, 11) is 1.67. The van der Waals surface area contributed by atoms with Gasteiger partial charge in [-0.2, -0.15) is 0 Å². The van der Waals surface area contributed by atoms with Crippen molar-refractivity contribution in [3.8, 4) is 0 Å². The Morgan fingerprint density at radius 2 is 1.88 bits per heavy atom. The van der Waals surface area contributed by atoms with Crippen LogP contribution in [0.2, 0.25) is 0 Å². The molecule has 0 saturated heterocycles. The topological polar surface area (TPSA) is 69.6 Å². The molecule has 0 aromatic carbocycles. The predicted octanol–water partition coefficient (Wildman–Crippen LogP) is 1.93. The molecule has 0 rings (SSSR count). The average molecular weight is 244 g/mol. The third kappa shape index (κ3) is 5.56. The second-order valence-electron chi connectivity index (χ2n) is 5.36. The van der Waals surface area contributed by atoms with E-state index >= 15 is 0 Å². The highest BCUT2D eigenvalue weighted by molar-refractivity contribution is 5.83. The van der Waals surface area contributed by atoms with Gasteiger partial charge in [-0.1, -0.05) is 34.1 Å². The normalized spacial score (nSPS) is 13.0. The third-order valence-corrected chi connectivity index (χ3v) is 2.57. The van der Waals surface area contributed by atoms with Crippen LogP contribution in [0.25, 0.3) is 0 Å². The van der Waals surface area contributed by atoms with Gasteiger partial charge in [0.1, 0.15) is 6.04 Å². The highest BCUT2D eigenvalue weighted by Crippen LogP contribution is 2.19. The Balaban J connectivity index is 4.47. The van der Waals surface area contributed by atoms with E-state index in [1.807, 2.05) is 6.92 Å². The fourth-order valence-corrected chi connectivity index (χ4v) is 1.38. The first-order valence-electron chi connectivity index (χ1n) is 5.94. The highest BCUT2D eigenvalue weighted by Gasteiger charge is 2.33. The lowest BCUT2D eigenvalue weighted by Gasteiger charge is -2.29.